The first-order valence-electron chi connectivity index (χ1n) is 8.25. The van der Waals surface area contributed by atoms with Gasteiger partial charge < -0.3 is 9.84 Å². The SMILES string of the molecule is CCCOc1ccc(C)cc1C(C(C)CO)N1CCCC1. The van der Waals surface area contributed by atoms with E-state index < -0.39 is 0 Å². The van der Waals surface area contributed by atoms with Gasteiger partial charge in [0.2, 0.25) is 0 Å². The summed E-state index contributed by atoms with van der Waals surface area (Å²) in [6.07, 6.45) is 3.52. The van der Waals surface area contributed by atoms with Crippen molar-refractivity contribution in [3.63, 3.8) is 0 Å². The molecule has 0 aromatic heterocycles. The molecule has 0 spiro atoms. The summed E-state index contributed by atoms with van der Waals surface area (Å²) in [6, 6.07) is 6.69. The Labute approximate surface area is 128 Å². The van der Waals surface area contributed by atoms with Gasteiger partial charge >= 0.3 is 0 Å². The van der Waals surface area contributed by atoms with Crippen LogP contribution in [0.15, 0.2) is 18.2 Å². The molecule has 1 aromatic rings. The van der Waals surface area contributed by atoms with Crippen molar-refractivity contribution in [1.29, 1.82) is 0 Å². The van der Waals surface area contributed by atoms with Crippen LogP contribution in [0.2, 0.25) is 0 Å². The van der Waals surface area contributed by atoms with Gasteiger partial charge in [-0.25, -0.2) is 0 Å². The van der Waals surface area contributed by atoms with Gasteiger partial charge in [0.1, 0.15) is 5.75 Å². The molecule has 0 amide bonds. The van der Waals surface area contributed by atoms with Gasteiger partial charge in [0.25, 0.3) is 0 Å². The van der Waals surface area contributed by atoms with Gasteiger partial charge in [-0.15, -0.1) is 0 Å². The molecule has 0 saturated carbocycles. The molecule has 21 heavy (non-hydrogen) atoms. The summed E-state index contributed by atoms with van der Waals surface area (Å²) >= 11 is 0. The second-order valence-corrected chi connectivity index (χ2v) is 6.24. The second-order valence-electron chi connectivity index (χ2n) is 6.24. The Morgan fingerprint density at radius 2 is 2.00 bits per heavy atom. The maximum Gasteiger partial charge on any atom is 0.124 e. The van der Waals surface area contributed by atoms with Crippen molar-refractivity contribution in [2.24, 2.45) is 5.92 Å². The Morgan fingerprint density at radius 1 is 1.29 bits per heavy atom. The van der Waals surface area contributed by atoms with E-state index >= 15 is 0 Å². The van der Waals surface area contributed by atoms with Crippen molar-refractivity contribution >= 4 is 0 Å². The molecule has 1 saturated heterocycles. The lowest BCUT2D eigenvalue weighted by Gasteiger charge is -2.33. The maximum atomic E-state index is 9.70. The van der Waals surface area contributed by atoms with Gasteiger partial charge in [-0.2, -0.15) is 0 Å². The van der Waals surface area contributed by atoms with Crippen LogP contribution < -0.4 is 4.74 Å². The first-order valence-corrected chi connectivity index (χ1v) is 8.25. The Hall–Kier alpha value is -1.06. The highest BCUT2D eigenvalue weighted by Crippen LogP contribution is 2.37. The third-order valence-corrected chi connectivity index (χ3v) is 4.31. The third kappa shape index (κ3) is 3.98. The molecular formula is C18H29NO2. The van der Waals surface area contributed by atoms with Crippen molar-refractivity contribution < 1.29 is 9.84 Å². The van der Waals surface area contributed by atoms with Crippen LogP contribution in [0.25, 0.3) is 0 Å². The zero-order chi connectivity index (χ0) is 15.2. The summed E-state index contributed by atoms with van der Waals surface area (Å²) in [6.45, 7) is 9.58. The Kier molecular flexibility index (Phi) is 6.07. The number of aliphatic hydroxyl groups is 1. The Morgan fingerprint density at radius 3 is 2.62 bits per heavy atom. The highest BCUT2D eigenvalue weighted by molar-refractivity contribution is 5.39. The van der Waals surface area contributed by atoms with Crippen molar-refractivity contribution in [2.45, 2.75) is 46.1 Å². The van der Waals surface area contributed by atoms with Crippen LogP contribution in [-0.4, -0.2) is 36.3 Å². The number of nitrogens with zero attached hydrogens (tertiary/aromatic N) is 1. The lowest BCUT2D eigenvalue weighted by atomic mass is 9.92. The molecule has 1 aliphatic heterocycles. The zero-order valence-electron chi connectivity index (χ0n) is 13.6. The van der Waals surface area contributed by atoms with Crippen molar-refractivity contribution in [3.05, 3.63) is 29.3 Å². The molecule has 1 fully saturated rings. The minimum Gasteiger partial charge on any atom is -0.493 e. The summed E-state index contributed by atoms with van der Waals surface area (Å²) < 4.78 is 5.97. The normalized spacial score (nSPS) is 18.7. The minimum absolute atomic E-state index is 0.211. The molecule has 3 nitrogen and oxygen atoms in total. The molecule has 2 atom stereocenters. The van der Waals surface area contributed by atoms with Crippen molar-refractivity contribution in [1.82, 2.24) is 4.90 Å². The summed E-state index contributed by atoms with van der Waals surface area (Å²) in [4.78, 5) is 2.51. The average molecular weight is 291 g/mol. The van der Waals surface area contributed by atoms with Crippen LogP contribution in [0.3, 0.4) is 0 Å². The molecule has 1 aromatic carbocycles. The van der Waals surface area contributed by atoms with Gasteiger partial charge in [-0.3, -0.25) is 4.90 Å². The summed E-state index contributed by atoms with van der Waals surface area (Å²) in [7, 11) is 0. The molecule has 1 aliphatic rings. The van der Waals surface area contributed by atoms with Crippen molar-refractivity contribution in [2.75, 3.05) is 26.3 Å². The predicted octanol–water partition coefficient (Wildman–Crippen LogP) is 3.55. The lowest BCUT2D eigenvalue weighted by molar-refractivity contribution is 0.123. The monoisotopic (exact) mass is 291 g/mol. The van der Waals surface area contributed by atoms with Crippen LogP contribution in [0.1, 0.15) is 50.3 Å². The van der Waals surface area contributed by atoms with Crippen LogP contribution >= 0.6 is 0 Å². The largest absolute Gasteiger partial charge is 0.493 e. The molecule has 3 heteroatoms. The number of hydrogen-bond acceptors (Lipinski definition) is 3. The number of rotatable bonds is 7. The number of aliphatic hydroxyl groups excluding tert-OH is 1. The van der Waals surface area contributed by atoms with E-state index in [1.54, 1.807) is 0 Å². The molecule has 0 radical (unpaired) electrons. The van der Waals surface area contributed by atoms with Gasteiger partial charge in [0.15, 0.2) is 0 Å². The predicted molar refractivity (Wildman–Crippen MR) is 86.8 cm³/mol. The molecule has 1 heterocycles. The van der Waals surface area contributed by atoms with Crippen LogP contribution in [0, 0.1) is 12.8 Å². The van der Waals surface area contributed by atoms with E-state index in [1.165, 1.54) is 24.0 Å². The summed E-state index contributed by atoms with van der Waals surface area (Å²) in [5.74, 6) is 1.20. The van der Waals surface area contributed by atoms with Gasteiger partial charge in [-0.05, 0) is 51.3 Å². The molecular weight excluding hydrogens is 262 g/mol. The van der Waals surface area contributed by atoms with E-state index in [1.807, 2.05) is 0 Å². The Balaban J connectivity index is 2.34. The zero-order valence-corrected chi connectivity index (χ0v) is 13.6. The fourth-order valence-corrected chi connectivity index (χ4v) is 3.23. The fourth-order valence-electron chi connectivity index (χ4n) is 3.23. The van der Waals surface area contributed by atoms with E-state index in [9.17, 15) is 5.11 Å². The second kappa shape index (κ2) is 7.81. The standard InChI is InChI=1S/C18H29NO2/c1-4-11-21-17-8-7-14(2)12-16(17)18(15(3)13-20)19-9-5-6-10-19/h7-8,12,15,18,20H,4-6,9-11,13H2,1-3H3. The van der Waals surface area contributed by atoms with E-state index in [0.717, 1.165) is 31.9 Å². The fraction of sp³-hybridized carbons (Fsp3) is 0.667. The molecule has 1 N–H and O–H groups in total. The number of likely N-dealkylation sites (tertiary alicyclic amines) is 1. The maximum absolute atomic E-state index is 9.70. The summed E-state index contributed by atoms with van der Waals surface area (Å²) in [5.41, 5.74) is 2.50. The molecule has 0 aliphatic carbocycles. The lowest BCUT2D eigenvalue weighted by Crippen LogP contribution is -2.32. The highest BCUT2D eigenvalue weighted by atomic mass is 16.5. The number of hydrogen-bond donors (Lipinski definition) is 1. The molecule has 0 bridgehead atoms. The van der Waals surface area contributed by atoms with E-state index in [2.05, 4.69) is 43.9 Å². The smallest absolute Gasteiger partial charge is 0.124 e. The van der Waals surface area contributed by atoms with Crippen LogP contribution in [-0.2, 0) is 0 Å². The first kappa shape index (κ1) is 16.3. The minimum atomic E-state index is 0.211. The van der Waals surface area contributed by atoms with Gasteiger partial charge in [-0.1, -0.05) is 31.5 Å². The van der Waals surface area contributed by atoms with Crippen molar-refractivity contribution in [3.8, 4) is 5.75 Å². The molecule has 118 valence electrons. The number of aryl methyl sites for hydroxylation is 1. The molecule has 2 rings (SSSR count). The Bertz CT molecular complexity index is 441. The van der Waals surface area contributed by atoms with E-state index in [-0.39, 0.29) is 18.6 Å². The van der Waals surface area contributed by atoms with E-state index in [4.69, 9.17) is 4.74 Å². The molecule has 2 unspecified atom stereocenters. The van der Waals surface area contributed by atoms with Gasteiger partial charge in [0, 0.05) is 18.2 Å². The first-order chi connectivity index (χ1) is 10.2. The highest BCUT2D eigenvalue weighted by Gasteiger charge is 2.30. The number of benzene rings is 1. The van der Waals surface area contributed by atoms with Crippen LogP contribution in [0.5, 0.6) is 5.75 Å². The van der Waals surface area contributed by atoms with Crippen LogP contribution in [0.4, 0.5) is 0 Å². The number of ether oxygens (including phenoxy) is 1. The van der Waals surface area contributed by atoms with Gasteiger partial charge in [0.05, 0.1) is 6.61 Å². The quantitative estimate of drug-likeness (QED) is 0.834. The van der Waals surface area contributed by atoms with E-state index in [0.29, 0.717) is 0 Å². The average Bonchev–Trinajstić information content (AvgIpc) is 3.00. The third-order valence-electron chi connectivity index (χ3n) is 4.31. The summed E-state index contributed by atoms with van der Waals surface area (Å²) in [5, 5.41) is 9.70. The topological polar surface area (TPSA) is 32.7 Å².